The van der Waals surface area contributed by atoms with E-state index in [0.717, 1.165) is 37.5 Å². The maximum Gasteiger partial charge on any atom is 0.191 e. The molecule has 2 heterocycles. The number of fused-ring (bicyclic) bond motifs is 1. The first kappa shape index (κ1) is 19.7. The lowest BCUT2D eigenvalue weighted by Crippen LogP contribution is -2.38. The molecule has 3 rings (SSSR count). The molecule has 3 aromatic rings. The van der Waals surface area contributed by atoms with Crippen molar-refractivity contribution in [2.45, 2.75) is 26.4 Å². The van der Waals surface area contributed by atoms with Gasteiger partial charge in [0, 0.05) is 19.6 Å². The average molecular weight is 469 g/mol. The molecule has 0 saturated heterocycles. The Kier molecular flexibility index (Phi) is 8.20. The number of rotatable bonds is 7. The molecule has 0 spiro atoms. The third kappa shape index (κ3) is 5.71. The number of hydrogen-bond donors (Lipinski definition) is 2. The Labute approximate surface area is 169 Å². The summed E-state index contributed by atoms with van der Waals surface area (Å²) >= 11 is 1.71. The molecule has 2 aromatic heterocycles. The van der Waals surface area contributed by atoms with Crippen molar-refractivity contribution in [3.8, 4) is 0 Å². The number of nitrogens with one attached hydrogen (secondary N) is 2. The first-order chi connectivity index (χ1) is 11.9. The van der Waals surface area contributed by atoms with E-state index >= 15 is 0 Å². The molecule has 1 aromatic carbocycles. The molecule has 0 radical (unpaired) electrons. The van der Waals surface area contributed by atoms with E-state index in [1.807, 2.05) is 18.5 Å². The molecule has 0 atom stereocenters. The Balaban J connectivity index is 0.00000225. The van der Waals surface area contributed by atoms with E-state index in [-0.39, 0.29) is 24.0 Å². The summed E-state index contributed by atoms with van der Waals surface area (Å²) in [6.45, 7) is 5.48. The summed E-state index contributed by atoms with van der Waals surface area (Å²) in [4.78, 5) is 9.05. The van der Waals surface area contributed by atoms with Gasteiger partial charge in [-0.15, -0.1) is 24.0 Å². The molecule has 0 amide bonds. The molecule has 0 aliphatic carbocycles. The second-order valence-corrected chi connectivity index (χ2v) is 6.31. The Morgan fingerprint density at radius 2 is 2.12 bits per heavy atom. The smallest absolute Gasteiger partial charge is 0.191 e. The van der Waals surface area contributed by atoms with Crippen LogP contribution in [0.5, 0.6) is 0 Å². The fourth-order valence-corrected chi connectivity index (χ4v) is 3.20. The van der Waals surface area contributed by atoms with Crippen molar-refractivity contribution in [1.29, 1.82) is 0 Å². The van der Waals surface area contributed by atoms with Crippen LogP contribution in [0.25, 0.3) is 11.0 Å². The van der Waals surface area contributed by atoms with Crippen LogP contribution in [0.3, 0.4) is 0 Å². The number of guanidine groups is 1. The van der Waals surface area contributed by atoms with E-state index < -0.39 is 0 Å². The van der Waals surface area contributed by atoms with Gasteiger partial charge < -0.3 is 15.2 Å². The first-order valence-corrected chi connectivity index (χ1v) is 9.24. The van der Waals surface area contributed by atoms with Crippen molar-refractivity contribution >= 4 is 52.3 Å². The van der Waals surface area contributed by atoms with E-state index in [4.69, 9.17) is 0 Å². The summed E-state index contributed by atoms with van der Waals surface area (Å²) in [5, 5.41) is 10.9. The van der Waals surface area contributed by atoms with E-state index in [0.29, 0.717) is 6.54 Å². The highest BCUT2D eigenvalue weighted by Crippen LogP contribution is 2.11. The quantitative estimate of drug-likeness (QED) is 0.239. The molecule has 25 heavy (non-hydrogen) atoms. The summed E-state index contributed by atoms with van der Waals surface area (Å²) in [5.41, 5.74) is 3.49. The van der Waals surface area contributed by atoms with Crippen LogP contribution in [-0.2, 0) is 13.1 Å². The van der Waals surface area contributed by atoms with Crippen molar-refractivity contribution < 1.29 is 0 Å². The van der Waals surface area contributed by atoms with Crippen LogP contribution < -0.4 is 10.6 Å². The molecular weight excluding hydrogens is 445 g/mol. The molecule has 0 unspecified atom stereocenters. The third-order valence-electron chi connectivity index (χ3n) is 3.74. The van der Waals surface area contributed by atoms with Gasteiger partial charge in [0.25, 0.3) is 0 Å². The zero-order chi connectivity index (χ0) is 16.6. The summed E-state index contributed by atoms with van der Waals surface area (Å²) in [7, 11) is 0. The van der Waals surface area contributed by atoms with Gasteiger partial charge in [-0.2, -0.15) is 11.3 Å². The largest absolute Gasteiger partial charge is 0.357 e. The lowest BCUT2D eigenvalue weighted by Gasteiger charge is -2.11. The zero-order valence-electron chi connectivity index (χ0n) is 14.3. The highest BCUT2D eigenvalue weighted by molar-refractivity contribution is 14.0. The molecule has 0 saturated carbocycles. The summed E-state index contributed by atoms with van der Waals surface area (Å²) in [6.07, 6.45) is 2.93. The molecule has 5 nitrogen and oxygen atoms in total. The van der Waals surface area contributed by atoms with Crippen LogP contribution in [0.1, 0.15) is 18.9 Å². The van der Waals surface area contributed by atoms with Gasteiger partial charge in [0.15, 0.2) is 5.96 Å². The number of aliphatic imine (C=N–C) groups is 1. The van der Waals surface area contributed by atoms with Gasteiger partial charge in [-0.25, -0.2) is 9.98 Å². The van der Waals surface area contributed by atoms with E-state index in [9.17, 15) is 0 Å². The number of para-hydroxylation sites is 2. The first-order valence-electron chi connectivity index (χ1n) is 8.30. The molecule has 134 valence electrons. The monoisotopic (exact) mass is 469 g/mol. The van der Waals surface area contributed by atoms with Crippen LogP contribution in [0.2, 0.25) is 0 Å². The van der Waals surface area contributed by atoms with E-state index in [1.54, 1.807) is 11.3 Å². The number of nitrogens with zero attached hydrogens (tertiary/aromatic N) is 3. The summed E-state index contributed by atoms with van der Waals surface area (Å²) in [6, 6.07) is 10.3. The molecule has 0 aliphatic heterocycles. The van der Waals surface area contributed by atoms with Gasteiger partial charge in [-0.05, 0) is 47.9 Å². The van der Waals surface area contributed by atoms with E-state index in [1.165, 1.54) is 11.1 Å². The zero-order valence-corrected chi connectivity index (χ0v) is 17.5. The minimum atomic E-state index is 0. The summed E-state index contributed by atoms with van der Waals surface area (Å²) in [5.74, 6) is 0.874. The van der Waals surface area contributed by atoms with Gasteiger partial charge >= 0.3 is 0 Å². The van der Waals surface area contributed by atoms with Gasteiger partial charge in [-0.3, -0.25) is 0 Å². The van der Waals surface area contributed by atoms with Gasteiger partial charge in [0.05, 0.1) is 23.9 Å². The predicted octanol–water partition coefficient (Wildman–Crippen LogP) is 3.86. The average Bonchev–Trinajstić information content (AvgIpc) is 3.26. The Morgan fingerprint density at radius 3 is 2.92 bits per heavy atom. The maximum atomic E-state index is 4.62. The number of thiophene rings is 1. The highest BCUT2D eigenvalue weighted by Gasteiger charge is 2.02. The Morgan fingerprint density at radius 1 is 1.24 bits per heavy atom. The lowest BCUT2D eigenvalue weighted by atomic mass is 10.3. The number of aryl methyl sites for hydroxylation is 1. The summed E-state index contributed by atoms with van der Waals surface area (Å²) < 4.78 is 2.20. The fourth-order valence-electron chi connectivity index (χ4n) is 2.54. The van der Waals surface area contributed by atoms with Gasteiger partial charge in [0.2, 0.25) is 0 Å². The van der Waals surface area contributed by atoms with Crippen LogP contribution in [0.4, 0.5) is 0 Å². The van der Waals surface area contributed by atoms with Gasteiger partial charge in [-0.1, -0.05) is 12.1 Å². The fraction of sp³-hybridized carbons (Fsp3) is 0.333. The van der Waals surface area contributed by atoms with Gasteiger partial charge in [0.1, 0.15) is 0 Å². The van der Waals surface area contributed by atoms with Crippen LogP contribution in [0, 0.1) is 0 Å². The highest BCUT2D eigenvalue weighted by atomic mass is 127. The minimum Gasteiger partial charge on any atom is -0.357 e. The minimum absolute atomic E-state index is 0. The van der Waals surface area contributed by atoms with Crippen LogP contribution >= 0.6 is 35.3 Å². The molecule has 0 fully saturated rings. The molecule has 0 aliphatic rings. The second-order valence-electron chi connectivity index (χ2n) is 5.53. The van der Waals surface area contributed by atoms with Crippen molar-refractivity contribution in [3.05, 3.63) is 53.0 Å². The SMILES string of the molecule is CCNC(=NCc1ccsc1)NCCCn1cnc2ccccc21.I. The van der Waals surface area contributed by atoms with Crippen LogP contribution in [-0.4, -0.2) is 28.6 Å². The number of aromatic nitrogens is 2. The third-order valence-corrected chi connectivity index (χ3v) is 4.47. The number of benzene rings is 1. The Bertz CT molecular complexity index is 782. The molecule has 7 heteroatoms. The normalized spacial score (nSPS) is 11.3. The van der Waals surface area contributed by atoms with Crippen molar-refractivity contribution in [3.63, 3.8) is 0 Å². The topological polar surface area (TPSA) is 54.2 Å². The maximum absolute atomic E-state index is 4.62. The molecular formula is C18H24IN5S. The van der Waals surface area contributed by atoms with Crippen molar-refractivity contribution in [2.75, 3.05) is 13.1 Å². The van der Waals surface area contributed by atoms with Crippen LogP contribution in [0.15, 0.2) is 52.4 Å². The number of imidazole rings is 1. The standard InChI is InChI=1S/C18H23N5S.HI/c1-2-19-18(21-12-15-8-11-24-13-15)20-9-5-10-23-14-22-16-6-3-4-7-17(16)23;/h3-4,6-8,11,13-14H,2,5,9-10,12H2,1H3,(H2,19,20,21);1H. The van der Waals surface area contributed by atoms with E-state index in [2.05, 4.69) is 61.1 Å². The predicted molar refractivity (Wildman–Crippen MR) is 117 cm³/mol. The van der Waals surface area contributed by atoms with Crippen molar-refractivity contribution in [1.82, 2.24) is 20.2 Å². The Hall–Kier alpha value is -1.61. The number of halogens is 1. The molecule has 2 N–H and O–H groups in total. The lowest BCUT2D eigenvalue weighted by molar-refractivity contribution is 0.637. The number of hydrogen-bond acceptors (Lipinski definition) is 3. The van der Waals surface area contributed by atoms with Crippen molar-refractivity contribution in [2.24, 2.45) is 4.99 Å². The second kappa shape index (κ2) is 10.4. The molecule has 0 bridgehead atoms.